The van der Waals surface area contributed by atoms with E-state index in [0.717, 1.165) is 18.9 Å². The van der Waals surface area contributed by atoms with Crippen molar-refractivity contribution in [2.24, 2.45) is 17.3 Å². The highest BCUT2D eigenvalue weighted by atomic mass is 16.1. The minimum Gasteiger partial charge on any atom is -0.352 e. The van der Waals surface area contributed by atoms with Crippen LogP contribution in [-0.4, -0.2) is 25.0 Å². The van der Waals surface area contributed by atoms with Gasteiger partial charge in [-0.2, -0.15) is 0 Å². The van der Waals surface area contributed by atoms with Crippen LogP contribution in [0, 0.1) is 17.3 Å². The van der Waals surface area contributed by atoms with Crippen LogP contribution < -0.4 is 10.6 Å². The van der Waals surface area contributed by atoms with Crippen LogP contribution in [0.3, 0.4) is 0 Å². The van der Waals surface area contributed by atoms with Crippen molar-refractivity contribution in [1.29, 1.82) is 0 Å². The summed E-state index contributed by atoms with van der Waals surface area (Å²) >= 11 is 0. The standard InChI is InChI=1S/C15H28N2O/c1-11-8-15(2,3)7-6-13(11)17-14(18)10-16-9-12-4-5-12/h11-13,16H,4-10H2,1-3H3,(H,17,18). The molecule has 0 aromatic carbocycles. The number of carbonyl (C=O) groups is 1. The minimum absolute atomic E-state index is 0.173. The molecule has 2 N–H and O–H groups in total. The lowest BCUT2D eigenvalue weighted by molar-refractivity contribution is -0.121. The van der Waals surface area contributed by atoms with Gasteiger partial charge in [-0.1, -0.05) is 20.8 Å². The van der Waals surface area contributed by atoms with E-state index in [0.29, 0.717) is 23.9 Å². The molecule has 18 heavy (non-hydrogen) atoms. The number of hydrogen-bond donors (Lipinski definition) is 2. The fourth-order valence-corrected chi connectivity index (χ4v) is 3.13. The molecule has 0 aliphatic heterocycles. The van der Waals surface area contributed by atoms with E-state index in [1.165, 1.54) is 25.7 Å². The Balaban J connectivity index is 1.66. The molecule has 1 amide bonds. The third-order valence-electron chi connectivity index (χ3n) is 4.46. The summed E-state index contributed by atoms with van der Waals surface area (Å²) in [5.41, 5.74) is 0.449. The molecule has 2 rings (SSSR count). The molecular weight excluding hydrogens is 224 g/mol. The van der Waals surface area contributed by atoms with Gasteiger partial charge in [0.05, 0.1) is 6.54 Å². The van der Waals surface area contributed by atoms with Crippen LogP contribution in [0.25, 0.3) is 0 Å². The predicted molar refractivity (Wildman–Crippen MR) is 74.3 cm³/mol. The van der Waals surface area contributed by atoms with Crippen LogP contribution in [-0.2, 0) is 4.79 Å². The van der Waals surface area contributed by atoms with Crippen LogP contribution in [0.15, 0.2) is 0 Å². The maximum Gasteiger partial charge on any atom is 0.234 e. The summed E-state index contributed by atoms with van der Waals surface area (Å²) in [6, 6.07) is 0.383. The molecule has 2 aliphatic rings. The minimum atomic E-state index is 0.173. The van der Waals surface area contributed by atoms with E-state index in [1.54, 1.807) is 0 Å². The Morgan fingerprint density at radius 1 is 1.28 bits per heavy atom. The fourth-order valence-electron chi connectivity index (χ4n) is 3.13. The van der Waals surface area contributed by atoms with Gasteiger partial charge in [0.25, 0.3) is 0 Å². The number of carbonyl (C=O) groups excluding carboxylic acids is 1. The zero-order valence-electron chi connectivity index (χ0n) is 12.1. The van der Waals surface area contributed by atoms with Crippen LogP contribution in [0.5, 0.6) is 0 Å². The van der Waals surface area contributed by atoms with Gasteiger partial charge in [0.15, 0.2) is 0 Å². The molecule has 0 spiro atoms. The zero-order chi connectivity index (χ0) is 13.2. The van der Waals surface area contributed by atoms with Crippen molar-refractivity contribution >= 4 is 5.91 Å². The largest absolute Gasteiger partial charge is 0.352 e. The number of rotatable bonds is 5. The summed E-state index contributed by atoms with van der Waals surface area (Å²) in [6.45, 7) is 8.44. The molecule has 0 heterocycles. The summed E-state index contributed by atoms with van der Waals surface area (Å²) in [4.78, 5) is 11.8. The lowest BCUT2D eigenvalue weighted by Crippen LogP contribution is -2.47. The van der Waals surface area contributed by atoms with E-state index in [-0.39, 0.29) is 5.91 Å². The summed E-state index contributed by atoms with van der Waals surface area (Å²) in [6.07, 6.45) is 6.24. The lowest BCUT2D eigenvalue weighted by Gasteiger charge is -2.39. The van der Waals surface area contributed by atoms with Crippen LogP contribution in [0.4, 0.5) is 0 Å². The molecule has 2 atom stereocenters. The van der Waals surface area contributed by atoms with Crippen LogP contribution in [0.2, 0.25) is 0 Å². The maximum atomic E-state index is 11.8. The smallest absolute Gasteiger partial charge is 0.234 e. The Labute approximate surface area is 111 Å². The first-order chi connectivity index (χ1) is 8.46. The van der Waals surface area contributed by atoms with Gasteiger partial charge < -0.3 is 10.6 Å². The van der Waals surface area contributed by atoms with E-state index >= 15 is 0 Å². The normalized spacial score (nSPS) is 31.1. The molecule has 2 unspecified atom stereocenters. The molecule has 0 aromatic rings. The first-order valence-corrected chi connectivity index (χ1v) is 7.46. The van der Waals surface area contributed by atoms with Gasteiger partial charge in [0.1, 0.15) is 0 Å². The molecule has 0 aromatic heterocycles. The Kier molecular flexibility index (Phi) is 4.31. The van der Waals surface area contributed by atoms with Gasteiger partial charge in [-0.05, 0) is 55.9 Å². The second-order valence-corrected chi connectivity index (χ2v) is 7.13. The first-order valence-electron chi connectivity index (χ1n) is 7.46. The van der Waals surface area contributed by atoms with Crippen LogP contribution >= 0.6 is 0 Å². The average Bonchev–Trinajstić information content (AvgIpc) is 3.05. The molecule has 2 fully saturated rings. The quantitative estimate of drug-likeness (QED) is 0.788. The van der Waals surface area contributed by atoms with Crippen molar-refractivity contribution in [3.8, 4) is 0 Å². The third kappa shape index (κ3) is 4.27. The van der Waals surface area contributed by atoms with Crippen molar-refractivity contribution in [2.75, 3.05) is 13.1 Å². The van der Waals surface area contributed by atoms with Crippen molar-refractivity contribution in [3.63, 3.8) is 0 Å². The number of nitrogens with one attached hydrogen (secondary N) is 2. The van der Waals surface area contributed by atoms with Crippen LogP contribution in [0.1, 0.15) is 52.9 Å². The van der Waals surface area contributed by atoms with Gasteiger partial charge >= 0.3 is 0 Å². The molecule has 3 nitrogen and oxygen atoms in total. The van der Waals surface area contributed by atoms with Gasteiger partial charge in [0, 0.05) is 6.04 Å². The van der Waals surface area contributed by atoms with Crippen molar-refractivity contribution in [1.82, 2.24) is 10.6 Å². The highest BCUT2D eigenvalue weighted by Crippen LogP contribution is 2.38. The van der Waals surface area contributed by atoms with Crippen molar-refractivity contribution in [2.45, 2.75) is 58.9 Å². The number of amides is 1. The fraction of sp³-hybridized carbons (Fsp3) is 0.933. The van der Waals surface area contributed by atoms with Crippen molar-refractivity contribution in [3.05, 3.63) is 0 Å². The predicted octanol–water partition coefficient (Wildman–Crippen LogP) is 2.32. The summed E-state index contributed by atoms with van der Waals surface area (Å²) in [5.74, 6) is 1.61. The second-order valence-electron chi connectivity index (χ2n) is 7.13. The van der Waals surface area contributed by atoms with Crippen molar-refractivity contribution < 1.29 is 4.79 Å². The SMILES string of the molecule is CC1CC(C)(C)CCC1NC(=O)CNCC1CC1. The van der Waals surface area contributed by atoms with E-state index in [2.05, 4.69) is 31.4 Å². The topological polar surface area (TPSA) is 41.1 Å². The van der Waals surface area contributed by atoms with E-state index in [9.17, 15) is 4.79 Å². The molecule has 0 saturated heterocycles. The summed E-state index contributed by atoms with van der Waals surface area (Å²) in [5, 5.41) is 6.45. The zero-order valence-corrected chi connectivity index (χ0v) is 12.1. The number of hydrogen-bond acceptors (Lipinski definition) is 2. The Bertz CT molecular complexity index is 297. The first kappa shape index (κ1) is 13.9. The molecule has 0 bridgehead atoms. The second kappa shape index (κ2) is 5.60. The van der Waals surface area contributed by atoms with Gasteiger partial charge in [0.2, 0.25) is 5.91 Å². The molecule has 3 heteroatoms. The molecule has 2 aliphatic carbocycles. The monoisotopic (exact) mass is 252 g/mol. The Morgan fingerprint density at radius 3 is 2.61 bits per heavy atom. The average molecular weight is 252 g/mol. The van der Waals surface area contributed by atoms with E-state index in [1.807, 2.05) is 0 Å². The van der Waals surface area contributed by atoms with E-state index < -0.39 is 0 Å². The molecule has 0 radical (unpaired) electrons. The van der Waals surface area contributed by atoms with Gasteiger partial charge in [-0.3, -0.25) is 4.79 Å². The lowest BCUT2D eigenvalue weighted by atomic mass is 9.70. The van der Waals surface area contributed by atoms with Gasteiger partial charge in [-0.15, -0.1) is 0 Å². The third-order valence-corrected chi connectivity index (χ3v) is 4.46. The summed E-state index contributed by atoms with van der Waals surface area (Å²) in [7, 11) is 0. The Hall–Kier alpha value is -0.570. The molecular formula is C15H28N2O. The highest BCUT2D eigenvalue weighted by Gasteiger charge is 2.32. The Morgan fingerprint density at radius 2 is 2.00 bits per heavy atom. The van der Waals surface area contributed by atoms with Gasteiger partial charge in [-0.25, -0.2) is 0 Å². The van der Waals surface area contributed by atoms with E-state index in [4.69, 9.17) is 0 Å². The molecule has 104 valence electrons. The summed E-state index contributed by atoms with van der Waals surface area (Å²) < 4.78 is 0. The maximum absolute atomic E-state index is 11.8. The highest BCUT2D eigenvalue weighted by molar-refractivity contribution is 5.78. The molecule has 2 saturated carbocycles.